The van der Waals surface area contributed by atoms with Gasteiger partial charge in [0.15, 0.2) is 0 Å². The summed E-state index contributed by atoms with van der Waals surface area (Å²) in [7, 11) is 2.13. The molecule has 0 aliphatic carbocycles. The second kappa shape index (κ2) is 6.16. The van der Waals surface area contributed by atoms with Crippen LogP contribution in [0.4, 0.5) is 0 Å². The van der Waals surface area contributed by atoms with Crippen LogP contribution in [0.3, 0.4) is 0 Å². The Labute approximate surface area is 112 Å². The van der Waals surface area contributed by atoms with Gasteiger partial charge in [0.2, 0.25) is 0 Å². The summed E-state index contributed by atoms with van der Waals surface area (Å²) in [6.07, 6.45) is 0.297. The average Bonchev–Trinajstić information content (AvgIpc) is 2.76. The molecular weight excluding hydrogens is 256 g/mol. The van der Waals surface area contributed by atoms with Crippen LogP contribution in [-0.4, -0.2) is 44.3 Å². The molecule has 0 amide bonds. The first-order chi connectivity index (χ1) is 8.16. The van der Waals surface area contributed by atoms with E-state index >= 15 is 0 Å². The summed E-state index contributed by atoms with van der Waals surface area (Å²) < 4.78 is 6.57. The van der Waals surface area contributed by atoms with Crippen molar-refractivity contribution in [3.63, 3.8) is 0 Å². The Kier molecular flexibility index (Phi) is 4.82. The second-order valence-electron chi connectivity index (χ2n) is 4.50. The quantitative estimate of drug-likeness (QED) is 0.912. The topological polar surface area (TPSA) is 24.5 Å². The first-order valence-electron chi connectivity index (χ1n) is 5.93. The first-order valence-corrected chi connectivity index (χ1v) is 7.19. The molecule has 1 aromatic heterocycles. The van der Waals surface area contributed by atoms with Crippen molar-refractivity contribution < 1.29 is 4.74 Å². The van der Waals surface area contributed by atoms with Crippen LogP contribution in [-0.2, 0) is 4.74 Å². The van der Waals surface area contributed by atoms with Crippen molar-refractivity contribution in [2.24, 2.45) is 0 Å². The average molecular weight is 275 g/mol. The standard InChI is InChI=1S/C12H19ClN2OS/c1-9(10-5-12(13)17-8-10)15(2)7-11-6-14-3-4-16-11/h5,8-9,11,14H,3-4,6-7H2,1-2H3. The highest BCUT2D eigenvalue weighted by atomic mass is 35.5. The number of nitrogens with zero attached hydrogens (tertiary/aromatic N) is 1. The third-order valence-electron chi connectivity index (χ3n) is 3.23. The van der Waals surface area contributed by atoms with Gasteiger partial charge in [-0.05, 0) is 31.0 Å². The van der Waals surface area contributed by atoms with Gasteiger partial charge in [-0.2, -0.15) is 0 Å². The summed E-state index contributed by atoms with van der Waals surface area (Å²) in [5, 5.41) is 5.48. The number of ether oxygens (including phenoxy) is 1. The van der Waals surface area contributed by atoms with Crippen molar-refractivity contribution in [2.75, 3.05) is 33.3 Å². The molecule has 17 heavy (non-hydrogen) atoms. The maximum Gasteiger partial charge on any atom is 0.0931 e. The fourth-order valence-corrected chi connectivity index (χ4v) is 2.99. The number of likely N-dealkylation sites (N-methyl/N-ethyl adjacent to an activating group) is 1. The molecule has 2 unspecified atom stereocenters. The lowest BCUT2D eigenvalue weighted by molar-refractivity contribution is 0.00396. The van der Waals surface area contributed by atoms with Gasteiger partial charge in [-0.15, -0.1) is 11.3 Å². The molecule has 0 radical (unpaired) electrons. The number of nitrogens with one attached hydrogen (secondary N) is 1. The van der Waals surface area contributed by atoms with Gasteiger partial charge in [0, 0.05) is 25.7 Å². The second-order valence-corrected chi connectivity index (χ2v) is 6.04. The summed E-state index contributed by atoms with van der Waals surface area (Å²) in [6, 6.07) is 2.43. The van der Waals surface area contributed by atoms with Crippen molar-refractivity contribution >= 4 is 22.9 Å². The van der Waals surface area contributed by atoms with Crippen LogP contribution in [0.25, 0.3) is 0 Å². The zero-order valence-electron chi connectivity index (χ0n) is 10.3. The van der Waals surface area contributed by atoms with E-state index in [9.17, 15) is 0 Å². The lowest BCUT2D eigenvalue weighted by Gasteiger charge is -2.31. The smallest absolute Gasteiger partial charge is 0.0931 e. The van der Waals surface area contributed by atoms with Crippen LogP contribution in [0.1, 0.15) is 18.5 Å². The SMILES string of the molecule is CC(c1csc(Cl)c1)N(C)CC1CNCCO1. The molecule has 96 valence electrons. The van der Waals surface area contributed by atoms with Gasteiger partial charge >= 0.3 is 0 Å². The van der Waals surface area contributed by atoms with Gasteiger partial charge in [-0.1, -0.05) is 11.6 Å². The van der Waals surface area contributed by atoms with E-state index in [4.69, 9.17) is 16.3 Å². The molecule has 1 fully saturated rings. The molecule has 1 aliphatic heterocycles. The Morgan fingerprint density at radius 3 is 3.12 bits per heavy atom. The predicted molar refractivity (Wildman–Crippen MR) is 73.0 cm³/mol. The predicted octanol–water partition coefficient (Wildman–Crippen LogP) is 2.38. The monoisotopic (exact) mass is 274 g/mol. The van der Waals surface area contributed by atoms with Gasteiger partial charge in [0.25, 0.3) is 0 Å². The summed E-state index contributed by atoms with van der Waals surface area (Å²) in [4.78, 5) is 2.32. The van der Waals surface area contributed by atoms with E-state index < -0.39 is 0 Å². The molecule has 2 atom stereocenters. The number of rotatable bonds is 4. The lowest BCUT2D eigenvalue weighted by atomic mass is 10.1. The van der Waals surface area contributed by atoms with Crippen molar-refractivity contribution in [3.8, 4) is 0 Å². The highest BCUT2D eigenvalue weighted by Gasteiger charge is 2.19. The number of thiophene rings is 1. The molecular formula is C12H19ClN2OS. The van der Waals surface area contributed by atoms with Gasteiger partial charge in [-0.25, -0.2) is 0 Å². The van der Waals surface area contributed by atoms with Crippen molar-refractivity contribution in [3.05, 3.63) is 21.3 Å². The summed E-state index contributed by atoms with van der Waals surface area (Å²) in [6.45, 7) is 5.88. The minimum Gasteiger partial charge on any atom is -0.374 e. The molecule has 0 saturated carbocycles. The van der Waals surface area contributed by atoms with E-state index in [1.54, 1.807) is 11.3 Å². The molecule has 1 aliphatic rings. The Morgan fingerprint density at radius 1 is 1.71 bits per heavy atom. The van der Waals surface area contributed by atoms with Gasteiger partial charge in [-0.3, -0.25) is 4.90 Å². The minimum absolute atomic E-state index is 0.297. The largest absolute Gasteiger partial charge is 0.374 e. The van der Waals surface area contributed by atoms with Crippen LogP contribution in [0, 0.1) is 0 Å². The first kappa shape index (κ1) is 13.3. The highest BCUT2D eigenvalue weighted by Crippen LogP contribution is 2.27. The molecule has 2 rings (SSSR count). The van der Waals surface area contributed by atoms with Crippen molar-refractivity contribution in [1.29, 1.82) is 0 Å². The highest BCUT2D eigenvalue weighted by molar-refractivity contribution is 7.14. The minimum atomic E-state index is 0.297. The zero-order valence-corrected chi connectivity index (χ0v) is 11.9. The van der Waals surface area contributed by atoms with E-state index in [2.05, 4.69) is 29.6 Å². The number of halogens is 1. The summed E-state index contributed by atoms with van der Waals surface area (Å²) in [5.41, 5.74) is 1.28. The van der Waals surface area contributed by atoms with Gasteiger partial charge in [0.05, 0.1) is 17.0 Å². The molecule has 3 nitrogen and oxygen atoms in total. The van der Waals surface area contributed by atoms with Crippen LogP contribution < -0.4 is 5.32 Å². The van der Waals surface area contributed by atoms with E-state index in [-0.39, 0.29) is 0 Å². The lowest BCUT2D eigenvalue weighted by Crippen LogP contribution is -2.44. The number of hydrogen-bond donors (Lipinski definition) is 1. The van der Waals surface area contributed by atoms with Crippen molar-refractivity contribution in [2.45, 2.75) is 19.1 Å². The Hall–Kier alpha value is -0.130. The normalized spacial score (nSPS) is 22.9. The number of morpholine rings is 1. The molecule has 1 aromatic rings. The fourth-order valence-electron chi connectivity index (χ4n) is 2.01. The molecule has 0 bridgehead atoms. The van der Waals surface area contributed by atoms with Gasteiger partial charge in [0.1, 0.15) is 0 Å². The van der Waals surface area contributed by atoms with E-state index in [1.165, 1.54) is 5.56 Å². The molecule has 2 heterocycles. The Balaban J connectivity index is 1.88. The van der Waals surface area contributed by atoms with Gasteiger partial charge < -0.3 is 10.1 Å². The summed E-state index contributed by atoms with van der Waals surface area (Å²) >= 11 is 7.56. The van der Waals surface area contributed by atoms with Crippen LogP contribution in [0.5, 0.6) is 0 Å². The maximum absolute atomic E-state index is 5.97. The fraction of sp³-hybridized carbons (Fsp3) is 0.667. The van der Waals surface area contributed by atoms with Crippen LogP contribution in [0.15, 0.2) is 11.4 Å². The molecule has 1 N–H and O–H groups in total. The van der Waals surface area contributed by atoms with Crippen LogP contribution >= 0.6 is 22.9 Å². The Morgan fingerprint density at radius 2 is 2.53 bits per heavy atom. The third-order valence-corrected chi connectivity index (χ3v) is 4.34. The zero-order chi connectivity index (χ0) is 12.3. The molecule has 5 heteroatoms. The summed E-state index contributed by atoms with van der Waals surface area (Å²) in [5.74, 6) is 0. The molecule has 1 saturated heterocycles. The van der Waals surface area contributed by atoms with Crippen LogP contribution in [0.2, 0.25) is 4.34 Å². The van der Waals surface area contributed by atoms with E-state index in [0.717, 1.165) is 30.6 Å². The van der Waals surface area contributed by atoms with Crippen molar-refractivity contribution in [1.82, 2.24) is 10.2 Å². The molecule has 0 aromatic carbocycles. The van der Waals surface area contributed by atoms with E-state index in [0.29, 0.717) is 12.1 Å². The maximum atomic E-state index is 5.97. The third kappa shape index (κ3) is 3.66. The Bertz CT molecular complexity index is 352. The van der Waals surface area contributed by atoms with E-state index in [1.807, 2.05) is 6.07 Å². The number of hydrogen-bond acceptors (Lipinski definition) is 4. The molecule has 0 spiro atoms.